The molecule has 0 bridgehead atoms. The van der Waals surface area contributed by atoms with Crippen LogP contribution in [0, 0.1) is 0 Å². The molecule has 3 rings (SSSR count). The Bertz CT molecular complexity index is 1010. The second kappa shape index (κ2) is 10.5. The third-order valence-corrected chi connectivity index (χ3v) is 5.72. The molecule has 0 atom stereocenters. The SMILES string of the molecule is CC(=O)NC(CO)(CO)CCc1ccc(-c2cn(Cc3ccc(C(C)C)cc3)nn2)cc1. The second-order valence-corrected chi connectivity index (χ2v) is 8.67. The Hall–Kier alpha value is -3.03. The number of carbonyl (C=O) groups excluding carboxylic acids is 1. The van der Waals surface area contributed by atoms with E-state index in [9.17, 15) is 15.0 Å². The third-order valence-electron chi connectivity index (χ3n) is 5.72. The van der Waals surface area contributed by atoms with Crippen LogP contribution in [0.5, 0.6) is 0 Å². The summed E-state index contributed by atoms with van der Waals surface area (Å²) in [6.45, 7) is 5.78. The van der Waals surface area contributed by atoms with Crippen molar-refractivity contribution in [3.05, 3.63) is 71.4 Å². The van der Waals surface area contributed by atoms with Crippen molar-refractivity contribution >= 4 is 5.91 Å². The average molecular weight is 437 g/mol. The number of hydrogen-bond acceptors (Lipinski definition) is 5. The number of aryl methyl sites for hydroxylation is 1. The molecule has 3 aromatic rings. The number of nitrogens with one attached hydrogen (secondary N) is 1. The summed E-state index contributed by atoms with van der Waals surface area (Å²) in [5.41, 5.74) is 4.29. The van der Waals surface area contributed by atoms with Crippen LogP contribution in [-0.2, 0) is 17.8 Å². The highest BCUT2D eigenvalue weighted by Crippen LogP contribution is 2.20. The lowest BCUT2D eigenvalue weighted by Gasteiger charge is -2.30. The van der Waals surface area contributed by atoms with E-state index in [1.165, 1.54) is 18.1 Å². The highest BCUT2D eigenvalue weighted by molar-refractivity contribution is 5.73. The minimum absolute atomic E-state index is 0.276. The molecule has 7 heteroatoms. The van der Waals surface area contributed by atoms with Gasteiger partial charge in [-0.2, -0.15) is 0 Å². The zero-order chi connectivity index (χ0) is 23.1. The van der Waals surface area contributed by atoms with Crippen LogP contribution in [0.4, 0.5) is 0 Å². The van der Waals surface area contributed by atoms with Crippen LogP contribution in [0.1, 0.15) is 49.8 Å². The highest BCUT2D eigenvalue weighted by Gasteiger charge is 2.29. The number of aliphatic hydroxyl groups excluding tert-OH is 2. The molecule has 170 valence electrons. The van der Waals surface area contributed by atoms with Crippen LogP contribution in [0.25, 0.3) is 11.3 Å². The Morgan fingerprint density at radius 1 is 1.03 bits per heavy atom. The molecule has 0 aliphatic heterocycles. The quantitative estimate of drug-likeness (QED) is 0.454. The first-order valence-electron chi connectivity index (χ1n) is 10.9. The molecule has 32 heavy (non-hydrogen) atoms. The Kier molecular flexibility index (Phi) is 7.77. The van der Waals surface area contributed by atoms with Gasteiger partial charge in [-0.05, 0) is 35.4 Å². The maximum absolute atomic E-state index is 11.4. The standard InChI is InChI=1S/C25H32N4O3/c1-18(2)22-8-6-21(7-9-22)14-29-15-24(27-28-29)23-10-4-20(5-11-23)12-13-25(16-30,17-31)26-19(3)32/h4-11,15,18,30-31H,12-14,16-17H2,1-3H3,(H,26,32). The Labute approximate surface area is 189 Å². The lowest BCUT2D eigenvalue weighted by atomic mass is 9.92. The summed E-state index contributed by atoms with van der Waals surface area (Å²) in [5, 5.41) is 30.5. The Morgan fingerprint density at radius 2 is 1.66 bits per heavy atom. The van der Waals surface area contributed by atoms with E-state index in [0.717, 1.165) is 16.8 Å². The van der Waals surface area contributed by atoms with Crippen molar-refractivity contribution in [1.29, 1.82) is 0 Å². The molecule has 1 amide bonds. The largest absolute Gasteiger partial charge is 0.394 e. The lowest BCUT2D eigenvalue weighted by Crippen LogP contribution is -2.53. The van der Waals surface area contributed by atoms with E-state index in [1.807, 2.05) is 35.1 Å². The number of rotatable bonds is 10. The number of aromatic nitrogens is 3. The first-order valence-corrected chi connectivity index (χ1v) is 10.9. The molecule has 0 unspecified atom stereocenters. The van der Waals surface area contributed by atoms with Crippen LogP contribution in [0.15, 0.2) is 54.7 Å². The van der Waals surface area contributed by atoms with E-state index in [1.54, 1.807) is 0 Å². The fraction of sp³-hybridized carbons (Fsp3) is 0.400. The van der Waals surface area contributed by atoms with Crippen LogP contribution in [0.3, 0.4) is 0 Å². The summed E-state index contributed by atoms with van der Waals surface area (Å²) < 4.78 is 1.83. The van der Waals surface area contributed by atoms with Crippen molar-refractivity contribution in [1.82, 2.24) is 20.3 Å². The smallest absolute Gasteiger partial charge is 0.217 e. The summed E-state index contributed by atoms with van der Waals surface area (Å²) in [6, 6.07) is 16.5. The molecule has 1 heterocycles. The molecular formula is C25H32N4O3. The Morgan fingerprint density at radius 3 is 2.22 bits per heavy atom. The Balaban J connectivity index is 1.62. The predicted molar refractivity (Wildman–Crippen MR) is 124 cm³/mol. The summed E-state index contributed by atoms with van der Waals surface area (Å²) in [4.78, 5) is 11.4. The van der Waals surface area contributed by atoms with Crippen molar-refractivity contribution in [3.63, 3.8) is 0 Å². The summed E-state index contributed by atoms with van der Waals surface area (Å²) in [7, 11) is 0. The van der Waals surface area contributed by atoms with E-state index in [0.29, 0.717) is 25.3 Å². The topological polar surface area (TPSA) is 100 Å². The van der Waals surface area contributed by atoms with Crippen LogP contribution < -0.4 is 5.32 Å². The molecule has 7 nitrogen and oxygen atoms in total. The van der Waals surface area contributed by atoms with Crippen molar-refractivity contribution in [2.24, 2.45) is 0 Å². The van der Waals surface area contributed by atoms with E-state index >= 15 is 0 Å². The first-order chi connectivity index (χ1) is 15.3. The van der Waals surface area contributed by atoms with Crippen LogP contribution >= 0.6 is 0 Å². The van der Waals surface area contributed by atoms with Gasteiger partial charge in [-0.1, -0.05) is 67.6 Å². The van der Waals surface area contributed by atoms with Gasteiger partial charge in [0.15, 0.2) is 0 Å². The normalized spacial score (nSPS) is 11.7. The molecule has 1 aromatic heterocycles. The summed E-state index contributed by atoms with van der Waals surface area (Å²) >= 11 is 0. The van der Waals surface area contributed by atoms with Crippen molar-refractivity contribution < 1.29 is 15.0 Å². The summed E-state index contributed by atoms with van der Waals surface area (Å²) in [5.74, 6) is 0.237. The number of aliphatic hydroxyl groups is 2. The maximum Gasteiger partial charge on any atom is 0.217 e. The number of nitrogens with zero attached hydrogens (tertiary/aromatic N) is 3. The zero-order valence-electron chi connectivity index (χ0n) is 19.0. The zero-order valence-corrected chi connectivity index (χ0v) is 19.0. The van der Waals surface area contributed by atoms with E-state index in [-0.39, 0.29) is 19.1 Å². The van der Waals surface area contributed by atoms with Gasteiger partial charge in [-0.15, -0.1) is 5.10 Å². The van der Waals surface area contributed by atoms with Gasteiger partial charge in [0.05, 0.1) is 31.5 Å². The van der Waals surface area contributed by atoms with Crippen molar-refractivity contribution in [2.45, 2.75) is 51.6 Å². The van der Waals surface area contributed by atoms with Gasteiger partial charge in [0.1, 0.15) is 5.69 Å². The fourth-order valence-corrected chi connectivity index (χ4v) is 3.65. The van der Waals surface area contributed by atoms with Crippen molar-refractivity contribution in [2.75, 3.05) is 13.2 Å². The molecule has 0 saturated carbocycles. The second-order valence-electron chi connectivity index (χ2n) is 8.67. The van der Waals surface area contributed by atoms with Gasteiger partial charge in [-0.3, -0.25) is 4.79 Å². The first kappa shape index (κ1) is 23.6. The monoisotopic (exact) mass is 436 g/mol. The molecule has 0 aliphatic rings. The van der Waals surface area contributed by atoms with E-state index < -0.39 is 5.54 Å². The fourth-order valence-electron chi connectivity index (χ4n) is 3.65. The lowest BCUT2D eigenvalue weighted by molar-refractivity contribution is -0.122. The minimum atomic E-state index is -1.01. The molecule has 0 spiro atoms. The molecular weight excluding hydrogens is 404 g/mol. The molecule has 3 N–H and O–H groups in total. The van der Waals surface area contributed by atoms with Gasteiger partial charge in [0.2, 0.25) is 5.91 Å². The molecule has 0 radical (unpaired) electrons. The third kappa shape index (κ3) is 6.02. The minimum Gasteiger partial charge on any atom is -0.394 e. The number of amides is 1. The molecule has 0 aliphatic carbocycles. The predicted octanol–water partition coefficient (Wildman–Crippen LogP) is 2.91. The highest BCUT2D eigenvalue weighted by atomic mass is 16.3. The van der Waals surface area contributed by atoms with E-state index in [2.05, 4.69) is 53.7 Å². The molecule has 2 aromatic carbocycles. The summed E-state index contributed by atoms with van der Waals surface area (Å²) in [6.07, 6.45) is 2.98. The maximum atomic E-state index is 11.4. The van der Waals surface area contributed by atoms with Gasteiger partial charge in [0, 0.05) is 12.5 Å². The number of benzene rings is 2. The number of carbonyl (C=O) groups is 1. The van der Waals surface area contributed by atoms with Gasteiger partial charge >= 0.3 is 0 Å². The van der Waals surface area contributed by atoms with E-state index in [4.69, 9.17) is 0 Å². The van der Waals surface area contributed by atoms with Crippen molar-refractivity contribution in [3.8, 4) is 11.3 Å². The van der Waals surface area contributed by atoms with Gasteiger partial charge in [0.25, 0.3) is 0 Å². The van der Waals surface area contributed by atoms with Gasteiger partial charge < -0.3 is 15.5 Å². The van der Waals surface area contributed by atoms with Crippen LogP contribution in [0.2, 0.25) is 0 Å². The molecule has 0 fully saturated rings. The number of hydrogen-bond donors (Lipinski definition) is 3. The average Bonchev–Trinajstić information content (AvgIpc) is 3.25. The van der Waals surface area contributed by atoms with Crippen LogP contribution in [-0.4, -0.2) is 49.9 Å². The van der Waals surface area contributed by atoms with Gasteiger partial charge in [-0.25, -0.2) is 4.68 Å². The molecule has 0 saturated heterocycles.